The van der Waals surface area contributed by atoms with Crippen molar-refractivity contribution >= 4 is 35.4 Å². The highest BCUT2D eigenvalue weighted by Crippen LogP contribution is 2.30. The molecule has 0 radical (unpaired) electrons. The second kappa shape index (κ2) is 8.62. The molecule has 4 rings (SSSR count). The Morgan fingerprint density at radius 3 is 2.53 bits per heavy atom. The predicted molar refractivity (Wildman–Crippen MR) is 119 cm³/mol. The number of aromatic amines is 1. The molecule has 0 bridgehead atoms. The first kappa shape index (κ1) is 20.0. The number of nitrogens with zero attached hydrogens (tertiary/aromatic N) is 2. The molecular weight excluding hydrogens is 398 g/mol. The van der Waals surface area contributed by atoms with E-state index >= 15 is 0 Å². The monoisotopic (exact) mass is 421 g/mol. The van der Waals surface area contributed by atoms with Crippen molar-refractivity contribution in [3.8, 4) is 11.4 Å². The predicted octanol–water partition coefficient (Wildman–Crippen LogP) is 4.29. The van der Waals surface area contributed by atoms with E-state index < -0.39 is 0 Å². The number of hydrogen-bond acceptors (Lipinski definition) is 4. The summed E-state index contributed by atoms with van der Waals surface area (Å²) in [5, 5.41) is 12.9. The van der Waals surface area contributed by atoms with E-state index in [9.17, 15) is 9.59 Å². The normalized spacial score (nSPS) is 13.1. The lowest BCUT2D eigenvalue weighted by Crippen LogP contribution is -2.16. The molecule has 1 saturated carbocycles. The zero-order chi connectivity index (χ0) is 21.1. The molecule has 1 aromatic heterocycles. The lowest BCUT2D eigenvalue weighted by molar-refractivity contribution is -0.117. The minimum absolute atomic E-state index is 0.0384. The molecule has 0 aliphatic heterocycles. The SMILES string of the molecule is Cc1ccc(-c2n[nH]c(=S)n2CCC(=O)Nc2cccc(NC(=O)C3CC3)c2)cc1. The van der Waals surface area contributed by atoms with Gasteiger partial charge in [-0.2, -0.15) is 5.10 Å². The van der Waals surface area contributed by atoms with Gasteiger partial charge in [-0.15, -0.1) is 0 Å². The molecule has 3 aromatic rings. The fraction of sp³-hybridized carbons (Fsp3) is 0.273. The van der Waals surface area contributed by atoms with Crippen molar-refractivity contribution in [2.75, 3.05) is 10.6 Å². The Kier molecular flexibility index (Phi) is 5.76. The lowest BCUT2D eigenvalue weighted by Gasteiger charge is -2.10. The Morgan fingerprint density at radius 2 is 1.83 bits per heavy atom. The number of carbonyl (C=O) groups is 2. The summed E-state index contributed by atoms with van der Waals surface area (Å²) in [6.45, 7) is 2.43. The summed E-state index contributed by atoms with van der Waals surface area (Å²) in [5.74, 6) is 0.734. The molecule has 0 atom stereocenters. The number of carbonyl (C=O) groups excluding carboxylic acids is 2. The average Bonchev–Trinajstić information content (AvgIpc) is 3.51. The van der Waals surface area contributed by atoms with Gasteiger partial charge in [0.1, 0.15) is 0 Å². The van der Waals surface area contributed by atoms with Crippen molar-refractivity contribution in [2.24, 2.45) is 5.92 Å². The molecule has 1 aliphatic carbocycles. The first-order chi connectivity index (χ1) is 14.5. The third-order valence-electron chi connectivity index (χ3n) is 4.99. The molecular formula is C22H23N5O2S. The lowest BCUT2D eigenvalue weighted by atomic mass is 10.1. The van der Waals surface area contributed by atoms with Crippen LogP contribution in [-0.2, 0) is 16.1 Å². The van der Waals surface area contributed by atoms with Crippen molar-refractivity contribution in [1.82, 2.24) is 14.8 Å². The Balaban J connectivity index is 1.39. The van der Waals surface area contributed by atoms with Gasteiger partial charge in [-0.1, -0.05) is 35.9 Å². The number of rotatable bonds is 7. The van der Waals surface area contributed by atoms with E-state index in [0.29, 0.717) is 28.5 Å². The summed E-state index contributed by atoms with van der Waals surface area (Å²) in [6.07, 6.45) is 2.14. The van der Waals surface area contributed by atoms with E-state index in [2.05, 4.69) is 20.8 Å². The highest BCUT2D eigenvalue weighted by molar-refractivity contribution is 7.71. The van der Waals surface area contributed by atoms with E-state index in [1.54, 1.807) is 18.2 Å². The Labute approximate surface area is 179 Å². The summed E-state index contributed by atoms with van der Waals surface area (Å²) >= 11 is 5.34. The third kappa shape index (κ3) is 4.83. The zero-order valence-electron chi connectivity index (χ0n) is 16.6. The maximum atomic E-state index is 12.5. The van der Waals surface area contributed by atoms with E-state index in [-0.39, 0.29) is 24.2 Å². The van der Waals surface area contributed by atoms with Gasteiger partial charge in [0, 0.05) is 35.8 Å². The first-order valence-corrected chi connectivity index (χ1v) is 10.3. The molecule has 0 unspecified atom stereocenters. The molecule has 2 aromatic carbocycles. The summed E-state index contributed by atoms with van der Waals surface area (Å²) in [7, 11) is 0. The number of benzene rings is 2. The van der Waals surface area contributed by atoms with Gasteiger partial charge in [-0.05, 0) is 50.2 Å². The van der Waals surface area contributed by atoms with Crippen LogP contribution in [-0.4, -0.2) is 26.6 Å². The van der Waals surface area contributed by atoms with E-state index in [0.717, 1.165) is 24.0 Å². The van der Waals surface area contributed by atoms with Crippen LogP contribution in [0.2, 0.25) is 0 Å². The average molecular weight is 422 g/mol. The Morgan fingerprint density at radius 1 is 1.13 bits per heavy atom. The second-order valence-corrected chi connectivity index (χ2v) is 7.90. The zero-order valence-corrected chi connectivity index (χ0v) is 17.5. The molecule has 1 fully saturated rings. The maximum Gasteiger partial charge on any atom is 0.227 e. The molecule has 7 nitrogen and oxygen atoms in total. The number of H-pyrrole nitrogens is 1. The van der Waals surface area contributed by atoms with Crippen molar-refractivity contribution in [2.45, 2.75) is 32.7 Å². The summed E-state index contributed by atoms with van der Waals surface area (Å²) in [5.41, 5.74) is 3.42. The molecule has 154 valence electrons. The van der Waals surface area contributed by atoms with Gasteiger partial charge in [0.15, 0.2) is 10.6 Å². The van der Waals surface area contributed by atoms with Gasteiger partial charge < -0.3 is 10.6 Å². The van der Waals surface area contributed by atoms with Crippen LogP contribution in [0.4, 0.5) is 11.4 Å². The van der Waals surface area contributed by atoms with Crippen molar-refractivity contribution in [1.29, 1.82) is 0 Å². The molecule has 1 aliphatic rings. The van der Waals surface area contributed by atoms with Crippen LogP contribution in [0.25, 0.3) is 11.4 Å². The molecule has 0 saturated heterocycles. The van der Waals surface area contributed by atoms with Gasteiger partial charge >= 0.3 is 0 Å². The first-order valence-electron chi connectivity index (χ1n) is 9.92. The molecule has 30 heavy (non-hydrogen) atoms. The second-order valence-electron chi connectivity index (χ2n) is 7.51. The summed E-state index contributed by atoms with van der Waals surface area (Å²) in [4.78, 5) is 24.4. The van der Waals surface area contributed by atoms with Gasteiger partial charge in [0.2, 0.25) is 11.8 Å². The number of anilines is 2. The highest BCUT2D eigenvalue weighted by atomic mass is 32.1. The number of hydrogen-bond donors (Lipinski definition) is 3. The van der Waals surface area contributed by atoms with Crippen LogP contribution in [0.15, 0.2) is 48.5 Å². The number of aryl methyl sites for hydroxylation is 1. The van der Waals surface area contributed by atoms with E-state index in [1.807, 2.05) is 41.8 Å². The highest BCUT2D eigenvalue weighted by Gasteiger charge is 2.29. The molecule has 1 heterocycles. The topological polar surface area (TPSA) is 91.8 Å². The van der Waals surface area contributed by atoms with Crippen molar-refractivity contribution in [3.05, 3.63) is 58.9 Å². The summed E-state index contributed by atoms with van der Waals surface area (Å²) < 4.78 is 2.30. The largest absolute Gasteiger partial charge is 0.326 e. The van der Waals surface area contributed by atoms with Crippen LogP contribution in [0.3, 0.4) is 0 Å². The minimum atomic E-state index is -0.140. The van der Waals surface area contributed by atoms with Crippen molar-refractivity contribution in [3.63, 3.8) is 0 Å². The number of amides is 2. The van der Waals surface area contributed by atoms with Crippen LogP contribution < -0.4 is 10.6 Å². The molecule has 3 N–H and O–H groups in total. The van der Waals surface area contributed by atoms with E-state index in [1.165, 1.54) is 0 Å². The quantitative estimate of drug-likeness (QED) is 0.496. The number of nitrogens with one attached hydrogen (secondary N) is 3. The van der Waals surface area contributed by atoms with Gasteiger partial charge in [-0.3, -0.25) is 19.3 Å². The molecule has 2 amide bonds. The Bertz CT molecular complexity index is 1130. The fourth-order valence-electron chi connectivity index (χ4n) is 3.15. The van der Waals surface area contributed by atoms with Gasteiger partial charge in [0.05, 0.1) is 0 Å². The minimum Gasteiger partial charge on any atom is -0.326 e. The standard InChI is InChI=1S/C22H23N5O2S/c1-14-5-7-15(8-6-14)20-25-26-22(30)27(20)12-11-19(28)23-17-3-2-4-18(13-17)24-21(29)16-9-10-16/h2-8,13,16H,9-12H2,1H3,(H,23,28)(H,24,29)(H,26,30). The van der Waals surface area contributed by atoms with E-state index in [4.69, 9.17) is 12.2 Å². The molecule has 0 spiro atoms. The van der Waals surface area contributed by atoms with Crippen molar-refractivity contribution < 1.29 is 9.59 Å². The smallest absolute Gasteiger partial charge is 0.227 e. The maximum absolute atomic E-state index is 12.5. The molecule has 8 heteroatoms. The van der Waals surface area contributed by atoms with Gasteiger partial charge in [-0.25, -0.2) is 0 Å². The van der Waals surface area contributed by atoms with Crippen LogP contribution >= 0.6 is 12.2 Å². The van der Waals surface area contributed by atoms with Crippen LogP contribution in [0.5, 0.6) is 0 Å². The third-order valence-corrected chi connectivity index (χ3v) is 5.30. The summed E-state index contributed by atoms with van der Waals surface area (Å²) in [6, 6.07) is 15.2. The number of aromatic nitrogens is 3. The Hall–Kier alpha value is -3.26. The fourth-order valence-corrected chi connectivity index (χ4v) is 3.37. The van der Waals surface area contributed by atoms with Crippen LogP contribution in [0.1, 0.15) is 24.8 Å². The van der Waals surface area contributed by atoms with Crippen LogP contribution in [0, 0.1) is 17.6 Å². The van der Waals surface area contributed by atoms with Gasteiger partial charge in [0.25, 0.3) is 0 Å².